The van der Waals surface area contributed by atoms with Crippen molar-refractivity contribution >= 4 is 21.6 Å². The molecule has 2 aromatic rings. The van der Waals surface area contributed by atoms with Crippen molar-refractivity contribution in [1.82, 2.24) is 14.7 Å². The Balaban J connectivity index is 2.19. The van der Waals surface area contributed by atoms with Crippen molar-refractivity contribution in [1.29, 1.82) is 5.26 Å². The van der Waals surface area contributed by atoms with Crippen molar-refractivity contribution < 1.29 is 8.42 Å². The number of rotatable bonds is 4. The Kier molecular flexibility index (Phi) is 4.29. The Morgan fingerprint density at radius 2 is 2.15 bits per heavy atom. The van der Waals surface area contributed by atoms with Crippen LogP contribution in [0.5, 0.6) is 0 Å². The van der Waals surface area contributed by atoms with E-state index in [2.05, 4.69) is 14.7 Å². The van der Waals surface area contributed by atoms with Gasteiger partial charge in [0.2, 0.25) is 10.0 Å². The summed E-state index contributed by atoms with van der Waals surface area (Å²) in [5, 5.41) is 8.85. The highest BCUT2D eigenvalue weighted by atomic mass is 35.5. The normalized spacial score (nSPS) is 11.0. The summed E-state index contributed by atoms with van der Waals surface area (Å²) in [5.41, 5.74) is 0.768. The van der Waals surface area contributed by atoms with Crippen LogP contribution in [0.15, 0.2) is 41.7 Å². The quantitative estimate of drug-likeness (QED) is 0.923. The highest BCUT2D eigenvalue weighted by Gasteiger charge is 2.15. The topological polar surface area (TPSA) is 95.7 Å². The third-order valence-corrected chi connectivity index (χ3v) is 4.17. The predicted molar refractivity (Wildman–Crippen MR) is 72.2 cm³/mol. The van der Waals surface area contributed by atoms with Gasteiger partial charge in [0.15, 0.2) is 0 Å². The van der Waals surface area contributed by atoms with Gasteiger partial charge in [-0.1, -0.05) is 11.6 Å². The smallest absolute Gasteiger partial charge is 0.240 e. The Labute approximate surface area is 121 Å². The molecule has 6 nitrogen and oxygen atoms in total. The summed E-state index contributed by atoms with van der Waals surface area (Å²) in [6, 6.07) is 7.40. The molecule has 102 valence electrons. The molecule has 0 spiro atoms. The third-order valence-electron chi connectivity index (χ3n) is 2.46. The molecular formula is C12H9ClN4O2S. The summed E-state index contributed by atoms with van der Waals surface area (Å²) in [7, 11) is -3.71. The van der Waals surface area contributed by atoms with Gasteiger partial charge in [0.1, 0.15) is 12.4 Å². The van der Waals surface area contributed by atoms with E-state index in [1.807, 2.05) is 6.07 Å². The maximum absolute atomic E-state index is 12.1. The van der Waals surface area contributed by atoms with E-state index in [-0.39, 0.29) is 22.0 Å². The minimum Gasteiger partial charge on any atom is -0.245 e. The van der Waals surface area contributed by atoms with E-state index in [1.165, 1.54) is 30.7 Å². The molecule has 0 radical (unpaired) electrons. The molecule has 1 aromatic heterocycles. The van der Waals surface area contributed by atoms with Crippen molar-refractivity contribution in [3.8, 4) is 6.07 Å². The van der Waals surface area contributed by atoms with Crippen LogP contribution >= 0.6 is 11.6 Å². The number of benzene rings is 1. The molecule has 0 saturated carbocycles. The van der Waals surface area contributed by atoms with Gasteiger partial charge in [-0.15, -0.1) is 0 Å². The molecule has 0 unspecified atom stereocenters. The number of nitrogens with zero attached hydrogens (tertiary/aromatic N) is 3. The maximum Gasteiger partial charge on any atom is 0.240 e. The van der Waals surface area contributed by atoms with Gasteiger partial charge in [-0.05, 0) is 24.3 Å². The summed E-state index contributed by atoms with van der Waals surface area (Å²) >= 11 is 5.82. The Morgan fingerprint density at radius 1 is 1.35 bits per heavy atom. The highest BCUT2D eigenvalue weighted by molar-refractivity contribution is 7.89. The average Bonchev–Trinajstić information content (AvgIpc) is 2.46. The summed E-state index contributed by atoms with van der Waals surface area (Å²) in [4.78, 5) is 7.65. The monoisotopic (exact) mass is 308 g/mol. The van der Waals surface area contributed by atoms with Crippen LogP contribution in [0.4, 0.5) is 0 Å². The number of hydrogen-bond donors (Lipinski definition) is 1. The Hall–Kier alpha value is -2.01. The van der Waals surface area contributed by atoms with E-state index < -0.39 is 10.0 Å². The van der Waals surface area contributed by atoms with Gasteiger partial charge in [-0.25, -0.2) is 23.1 Å². The van der Waals surface area contributed by atoms with Crippen molar-refractivity contribution in [2.24, 2.45) is 0 Å². The molecule has 0 fully saturated rings. The molecule has 1 heterocycles. The van der Waals surface area contributed by atoms with E-state index in [9.17, 15) is 8.42 Å². The Morgan fingerprint density at radius 3 is 2.75 bits per heavy atom. The molecule has 0 bridgehead atoms. The standard InChI is InChI=1S/C12H9ClN4O2S/c13-12-5-11(2-1-9(12)6-14)20(18,19)17-7-10-3-4-15-8-16-10/h1-5,8,17H,7H2. The fourth-order valence-corrected chi connectivity index (χ4v) is 2.74. The molecule has 0 saturated heterocycles. The second kappa shape index (κ2) is 5.96. The van der Waals surface area contributed by atoms with E-state index in [1.54, 1.807) is 6.07 Å². The van der Waals surface area contributed by atoms with Gasteiger partial charge >= 0.3 is 0 Å². The first-order chi connectivity index (χ1) is 9.53. The van der Waals surface area contributed by atoms with E-state index in [4.69, 9.17) is 16.9 Å². The van der Waals surface area contributed by atoms with Crippen molar-refractivity contribution in [2.75, 3.05) is 0 Å². The minimum absolute atomic E-state index is 0.00411. The number of halogens is 1. The van der Waals surface area contributed by atoms with Crippen LogP contribution in [0.25, 0.3) is 0 Å². The van der Waals surface area contributed by atoms with Crippen LogP contribution in [-0.2, 0) is 16.6 Å². The van der Waals surface area contributed by atoms with Crippen LogP contribution in [0, 0.1) is 11.3 Å². The first kappa shape index (κ1) is 14.4. The number of aromatic nitrogens is 2. The number of nitrogens with one attached hydrogen (secondary N) is 1. The average molecular weight is 309 g/mol. The second-order valence-corrected chi connectivity index (χ2v) is 5.95. The largest absolute Gasteiger partial charge is 0.245 e. The fourth-order valence-electron chi connectivity index (χ4n) is 1.43. The molecule has 0 aliphatic carbocycles. The number of nitriles is 1. The molecule has 8 heteroatoms. The van der Waals surface area contributed by atoms with Crippen molar-refractivity contribution in [3.05, 3.63) is 53.1 Å². The molecule has 0 amide bonds. The van der Waals surface area contributed by atoms with Gasteiger partial charge in [-0.3, -0.25) is 0 Å². The molecule has 1 aromatic carbocycles. The molecule has 0 atom stereocenters. The third kappa shape index (κ3) is 3.30. The molecule has 0 aliphatic rings. The van der Waals surface area contributed by atoms with Crippen LogP contribution in [0.2, 0.25) is 5.02 Å². The molecular weight excluding hydrogens is 300 g/mol. The fraction of sp³-hybridized carbons (Fsp3) is 0.0833. The van der Waals surface area contributed by atoms with Gasteiger partial charge in [-0.2, -0.15) is 5.26 Å². The molecule has 1 N–H and O–H groups in total. The lowest BCUT2D eigenvalue weighted by molar-refractivity contribution is 0.580. The lowest BCUT2D eigenvalue weighted by Gasteiger charge is -2.07. The predicted octanol–water partition coefficient (Wildman–Crippen LogP) is 1.48. The summed E-state index contributed by atoms with van der Waals surface area (Å²) in [6.45, 7) is 0.0441. The number of hydrogen-bond acceptors (Lipinski definition) is 5. The SMILES string of the molecule is N#Cc1ccc(S(=O)(=O)NCc2ccncn2)cc1Cl. The number of sulfonamides is 1. The maximum atomic E-state index is 12.1. The van der Waals surface area contributed by atoms with Crippen LogP contribution < -0.4 is 4.72 Å². The lowest BCUT2D eigenvalue weighted by atomic mass is 10.2. The van der Waals surface area contributed by atoms with Crippen LogP contribution in [-0.4, -0.2) is 18.4 Å². The zero-order valence-electron chi connectivity index (χ0n) is 10.1. The van der Waals surface area contributed by atoms with E-state index >= 15 is 0 Å². The molecule has 0 aliphatic heterocycles. The minimum atomic E-state index is -3.71. The van der Waals surface area contributed by atoms with Gasteiger partial charge in [0.05, 0.1) is 27.7 Å². The first-order valence-corrected chi connectivity index (χ1v) is 7.33. The summed E-state index contributed by atoms with van der Waals surface area (Å²) in [5.74, 6) is 0. The zero-order chi connectivity index (χ0) is 14.6. The lowest BCUT2D eigenvalue weighted by Crippen LogP contribution is -2.23. The van der Waals surface area contributed by atoms with Crippen LogP contribution in [0.3, 0.4) is 0 Å². The summed E-state index contributed by atoms with van der Waals surface area (Å²) in [6.07, 6.45) is 2.86. The summed E-state index contributed by atoms with van der Waals surface area (Å²) < 4.78 is 26.5. The second-order valence-electron chi connectivity index (χ2n) is 3.78. The van der Waals surface area contributed by atoms with Crippen molar-refractivity contribution in [2.45, 2.75) is 11.4 Å². The van der Waals surface area contributed by atoms with Crippen LogP contribution in [0.1, 0.15) is 11.3 Å². The van der Waals surface area contributed by atoms with Gasteiger partial charge in [0.25, 0.3) is 0 Å². The highest BCUT2D eigenvalue weighted by Crippen LogP contribution is 2.20. The molecule has 20 heavy (non-hydrogen) atoms. The van der Waals surface area contributed by atoms with E-state index in [0.717, 1.165) is 0 Å². The van der Waals surface area contributed by atoms with Gasteiger partial charge in [0, 0.05) is 6.20 Å². The van der Waals surface area contributed by atoms with Gasteiger partial charge < -0.3 is 0 Å². The van der Waals surface area contributed by atoms with E-state index in [0.29, 0.717) is 5.69 Å². The first-order valence-electron chi connectivity index (χ1n) is 5.47. The Bertz CT molecular complexity index is 757. The molecule has 2 rings (SSSR count). The van der Waals surface area contributed by atoms with Crippen molar-refractivity contribution in [3.63, 3.8) is 0 Å². The zero-order valence-corrected chi connectivity index (χ0v) is 11.7.